The molecule has 1 saturated heterocycles. The third kappa shape index (κ3) is 3.40. The molecule has 5 aliphatic rings. The lowest BCUT2D eigenvalue weighted by Crippen LogP contribution is -2.60. The molecular formula is C23H34N2. The van der Waals surface area contributed by atoms with Gasteiger partial charge in [-0.3, -0.25) is 4.90 Å². The van der Waals surface area contributed by atoms with E-state index in [9.17, 15) is 0 Å². The minimum atomic E-state index is 0.958. The summed E-state index contributed by atoms with van der Waals surface area (Å²) in [6, 6.07) is 11.9. The largest absolute Gasteiger partial charge is 0.301 e. The molecule has 25 heavy (non-hydrogen) atoms. The van der Waals surface area contributed by atoms with Gasteiger partial charge in [0.05, 0.1) is 0 Å². The SMILES string of the molecule is c1ccc(CCCN2CCN(C3C4CC5CC(C4)CC3C5)CC2)cc1. The Morgan fingerprint density at radius 2 is 1.40 bits per heavy atom. The molecule has 5 fully saturated rings. The van der Waals surface area contributed by atoms with Crippen LogP contribution in [0.4, 0.5) is 0 Å². The zero-order chi connectivity index (χ0) is 16.6. The highest BCUT2D eigenvalue weighted by molar-refractivity contribution is 5.14. The number of hydrogen-bond acceptors (Lipinski definition) is 2. The van der Waals surface area contributed by atoms with Crippen LogP contribution in [0.25, 0.3) is 0 Å². The molecule has 1 aromatic carbocycles. The molecule has 0 atom stereocenters. The Morgan fingerprint density at radius 1 is 0.760 bits per heavy atom. The molecular weight excluding hydrogens is 304 g/mol. The first-order valence-electron chi connectivity index (χ1n) is 10.9. The van der Waals surface area contributed by atoms with E-state index < -0.39 is 0 Å². The minimum Gasteiger partial charge on any atom is -0.301 e. The van der Waals surface area contributed by atoms with Gasteiger partial charge in [0.1, 0.15) is 0 Å². The number of rotatable bonds is 5. The number of hydrogen-bond donors (Lipinski definition) is 0. The highest BCUT2D eigenvalue weighted by Gasteiger charge is 2.50. The minimum absolute atomic E-state index is 0.958. The van der Waals surface area contributed by atoms with Crippen LogP contribution in [0.3, 0.4) is 0 Å². The predicted octanol–water partition coefficient (Wildman–Crippen LogP) is 4.06. The van der Waals surface area contributed by atoms with Crippen molar-refractivity contribution in [2.45, 2.75) is 51.0 Å². The summed E-state index contributed by atoms with van der Waals surface area (Å²) in [5.41, 5.74) is 1.50. The van der Waals surface area contributed by atoms with E-state index in [1.165, 1.54) is 51.1 Å². The van der Waals surface area contributed by atoms with Crippen LogP contribution >= 0.6 is 0 Å². The monoisotopic (exact) mass is 338 g/mol. The van der Waals surface area contributed by atoms with Gasteiger partial charge in [0.25, 0.3) is 0 Å². The van der Waals surface area contributed by atoms with E-state index in [0.29, 0.717) is 0 Å². The number of nitrogens with zero attached hydrogens (tertiary/aromatic N) is 2. The van der Waals surface area contributed by atoms with Crippen LogP contribution < -0.4 is 0 Å². The molecule has 2 heteroatoms. The summed E-state index contributed by atoms with van der Waals surface area (Å²) >= 11 is 0. The number of aryl methyl sites for hydroxylation is 1. The van der Waals surface area contributed by atoms with Gasteiger partial charge in [-0.1, -0.05) is 30.3 Å². The molecule has 4 aliphatic carbocycles. The van der Waals surface area contributed by atoms with Gasteiger partial charge in [-0.05, 0) is 80.7 Å². The van der Waals surface area contributed by atoms with Crippen molar-refractivity contribution in [1.29, 1.82) is 0 Å². The molecule has 0 amide bonds. The predicted molar refractivity (Wildman–Crippen MR) is 104 cm³/mol. The van der Waals surface area contributed by atoms with Gasteiger partial charge >= 0.3 is 0 Å². The van der Waals surface area contributed by atoms with Crippen molar-refractivity contribution in [2.24, 2.45) is 23.7 Å². The summed E-state index contributed by atoms with van der Waals surface area (Å²) in [6.07, 6.45) is 10.4. The Bertz CT molecular complexity index is 533. The van der Waals surface area contributed by atoms with E-state index in [1.807, 2.05) is 0 Å². The lowest BCUT2D eigenvalue weighted by atomic mass is 9.54. The third-order valence-corrected chi connectivity index (χ3v) is 7.79. The van der Waals surface area contributed by atoms with E-state index in [1.54, 1.807) is 32.1 Å². The van der Waals surface area contributed by atoms with E-state index in [0.717, 1.165) is 29.7 Å². The van der Waals surface area contributed by atoms with Crippen molar-refractivity contribution in [1.82, 2.24) is 9.80 Å². The first-order chi connectivity index (χ1) is 12.3. The highest BCUT2D eigenvalue weighted by atomic mass is 15.3. The van der Waals surface area contributed by atoms with Crippen LogP contribution in [0, 0.1) is 23.7 Å². The maximum Gasteiger partial charge on any atom is 0.0153 e. The fourth-order valence-corrected chi connectivity index (χ4v) is 6.93. The molecule has 2 nitrogen and oxygen atoms in total. The molecule has 0 aromatic heterocycles. The molecule has 4 bridgehead atoms. The van der Waals surface area contributed by atoms with Crippen LogP contribution in [-0.4, -0.2) is 48.6 Å². The summed E-state index contributed by atoms with van der Waals surface area (Å²) in [6.45, 7) is 6.55. The maximum absolute atomic E-state index is 2.92. The van der Waals surface area contributed by atoms with Crippen molar-refractivity contribution < 1.29 is 0 Å². The Morgan fingerprint density at radius 3 is 2.04 bits per heavy atom. The Kier molecular flexibility index (Phi) is 4.60. The lowest BCUT2D eigenvalue weighted by molar-refractivity contribution is -0.0764. The Hall–Kier alpha value is -0.860. The maximum atomic E-state index is 2.92. The quantitative estimate of drug-likeness (QED) is 0.799. The van der Waals surface area contributed by atoms with Crippen LogP contribution in [0.2, 0.25) is 0 Å². The van der Waals surface area contributed by atoms with Crippen LogP contribution in [0.1, 0.15) is 44.1 Å². The summed E-state index contributed by atoms with van der Waals surface area (Å²) in [4.78, 5) is 5.64. The number of piperazine rings is 1. The molecule has 1 heterocycles. The van der Waals surface area contributed by atoms with Crippen LogP contribution in [-0.2, 0) is 6.42 Å². The normalized spacial score (nSPS) is 38.3. The van der Waals surface area contributed by atoms with E-state index in [2.05, 4.69) is 40.1 Å². The molecule has 0 N–H and O–H groups in total. The zero-order valence-electron chi connectivity index (χ0n) is 15.7. The molecule has 6 rings (SSSR count). The highest BCUT2D eigenvalue weighted by Crippen LogP contribution is 2.55. The second-order valence-corrected chi connectivity index (χ2v) is 9.39. The zero-order valence-corrected chi connectivity index (χ0v) is 15.7. The van der Waals surface area contributed by atoms with Crippen molar-refractivity contribution >= 4 is 0 Å². The van der Waals surface area contributed by atoms with Gasteiger partial charge in [-0.2, -0.15) is 0 Å². The summed E-state index contributed by atoms with van der Waals surface area (Å²) in [7, 11) is 0. The smallest absolute Gasteiger partial charge is 0.0153 e. The van der Waals surface area contributed by atoms with Gasteiger partial charge in [-0.25, -0.2) is 0 Å². The van der Waals surface area contributed by atoms with Crippen LogP contribution in [0.5, 0.6) is 0 Å². The van der Waals surface area contributed by atoms with Crippen LogP contribution in [0.15, 0.2) is 30.3 Å². The molecule has 0 spiro atoms. The fraction of sp³-hybridized carbons (Fsp3) is 0.739. The van der Waals surface area contributed by atoms with Gasteiger partial charge in [0.15, 0.2) is 0 Å². The van der Waals surface area contributed by atoms with E-state index in [4.69, 9.17) is 0 Å². The topological polar surface area (TPSA) is 6.48 Å². The van der Waals surface area contributed by atoms with Gasteiger partial charge in [-0.15, -0.1) is 0 Å². The average molecular weight is 339 g/mol. The summed E-state index contributed by atoms with van der Waals surface area (Å²) < 4.78 is 0. The molecule has 4 saturated carbocycles. The van der Waals surface area contributed by atoms with Crippen molar-refractivity contribution in [3.63, 3.8) is 0 Å². The lowest BCUT2D eigenvalue weighted by Gasteiger charge is -2.58. The average Bonchev–Trinajstić information content (AvgIpc) is 2.63. The number of benzene rings is 1. The van der Waals surface area contributed by atoms with Crippen molar-refractivity contribution in [3.05, 3.63) is 35.9 Å². The molecule has 1 aromatic rings. The standard InChI is InChI=1S/C23H34N2/c1-2-5-18(6-3-1)7-4-8-24-9-11-25(12-10-24)23-21-14-19-13-20(16-21)17-22(23)15-19/h1-3,5-6,19-23H,4,7-17H2. The van der Waals surface area contributed by atoms with E-state index in [-0.39, 0.29) is 0 Å². The fourth-order valence-electron chi connectivity index (χ4n) is 6.93. The van der Waals surface area contributed by atoms with E-state index >= 15 is 0 Å². The van der Waals surface area contributed by atoms with Crippen molar-refractivity contribution in [3.8, 4) is 0 Å². The summed E-state index contributed by atoms with van der Waals surface area (Å²) in [5, 5.41) is 0. The first kappa shape index (κ1) is 16.3. The van der Waals surface area contributed by atoms with Gasteiger partial charge in [0, 0.05) is 32.2 Å². The second kappa shape index (κ2) is 7.04. The third-order valence-electron chi connectivity index (χ3n) is 7.79. The first-order valence-corrected chi connectivity index (χ1v) is 10.9. The molecule has 0 radical (unpaired) electrons. The van der Waals surface area contributed by atoms with Gasteiger partial charge in [0.2, 0.25) is 0 Å². The van der Waals surface area contributed by atoms with Gasteiger partial charge < -0.3 is 4.90 Å². The molecule has 0 unspecified atom stereocenters. The summed E-state index contributed by atoms with van der Waals surface area (Å²) in [5.74, 6) is 4.33. The Labute approximate surface area is 153 Å². The van der Waals surface area contributed by atoms with Crippen molar-refractivity contribution in [2.75, 3.05) is 32.7 Å². The molecule has 1 aliphatic heterocycles. The second-order valence-electron chi connectivity index (χ2n) is 9.39. The molecule has 136 valence electrons. The Balaban J connectivity index is 1.10.